The summed E-state index contributed by atoms with van der Waals surface area (Å²) >= 11 is 0. The Labute approximate surface area is 98.1 Å². The lowest BCUT2D eigenvalue weighted by atomic mass is 10.2. The molecule has 1 aromatic carbocycles. The number of nitrogens with one attached hydrogen (secondary N) is 1. The molecule has 0 bridgehead atoms. The van der Waals surface area contributed by atoms with E-state index in [9.17, 15) is 4.79 Å². The van der Waals surface area contributed by atoms with Crippen LogP contribution in [-0.4, -0.2) is 30.7 Å². The van der Waals surface area contributed by atoms with Gasteiger partial charge in [0.05, 0.1) is 6.61 Å². The van der Waals surface area contributed by atoms with E-state index in [4.69, 9.17) is 12.6 Å². The van der Waals surface area contributed by atoms with E-state index in [-0.39, 0.29) is 19.6 Å². The van der Waals surface area contributed by atoms with Gasteiger partial charge in [-0.25, -0.2) is 0 Å². The molecule has 1 rings (SSSR count). The van der Waals surface area contributed by atoms with Gasteiger partial charge in [-0.1, -0.05) is 30.3 Å². The van der Waals surface area contributed by atoms with Gasteiger partial charge in [-0.15, -0.1) is 0 Å². The fraction of sp³-hybridized carbons (Fsp3) is 0.417. The summed E-state index contributed by atoms with van der Waals surface area (Å²) in [6, 6.07) is 9.39. The fourth-order valence-electron chi connectivity index (χ4n) is 1.09. The number of carbonyl (C=O) groups excluding carboxylic acids is 1. The molecule has 0 unspecified atom stereocenters. The Morgan fingerprint density at radius 2 is 2.19 bits per heavy atom. The summed E-state index contributed by atoms with van der Waals surface area (Å²) in [7, 11) is 0. The lowest BCUT2D eigenvalue weighted by molar-refractivity contribution is -0.126. The fourth-order valence-corrected chi connectivity index (χ4v) is 1.09. The second-order valence-electron chi connectivity index (χ2n) is 3.18. The molecule has 1 amide bonds. The van der Waals surface area contributed by atoms with E-state index in [0.29, 0.717) is 6.61 Å². The summed E-state index contributed by atoms with van der Waals surface area (Å²) in [6.07, 6.45) is -0.141. The number of benzene rings is 1. The average Bonchev–Trinajstić information content (AvgIpc) is 2.29. The van der Waals surface area contributed by atoms with Crippen molar-refractivity contribution in [3.8, 4) is 0 Å². The van der Waals surface area contributed by atoms with Crippen molar-refractivity contribution in [1.82, 2.24) is 5.32 Å². The number of carbonyl (C=O) groups is 1. The van der Waals surface area contributed by atoms with Crippen LogP contribution in [0.2, 0.25) is 0 Å². The maximum atomic E-state index is 11.4. The lowest BCUT2D eigenvalue weighted by Crippen LogP contribution is -2.28. The van der Waals surface area contributed by atoms with Gasteiger partial charge >= 0.3 is 0 Å². The summed E-state index contributed by atoms with van der Waals surface area (Å²) in [6.45, 7) is -2.13. The first kappa shape index (κ1) is 9.81. The van der Waals surface area contributed by atoms with Crippen molar-refractivity contribution in [1.29, 1.82) is 0 Å². The normalized spacial score (nSPS) is 12.8. The van der Waals surface area contributed by atoms with Gasteiger partial charge in [0.25, 0.3) is 0 Å². The summed E-state index contributed by atoms with van der Waals surface area (Å²) in [5, 5.41) is 10.8. The molecule has 0 saturated heterocycles. The van der Waals surface area contributed by atoms with Crippen molar-refractivity contribution in [3.63, 3.8) is 0 Å². The van der Waals surface area contributed by atoms with E-state index in [1.54, 1.807) is 0 Å². The molecular weight excluding hydrogens is 206 g/mol. The van der Waals surface area contributed by atoms with Crippen LogP contribution in [0.25, 0.3) is 0 Å². The SMILES string of the molecule is [2H]C([2H])(CCO)NC(=O)COCc1ccccc1. The molecule has 0 radical (unpaired) electrons. The lowest BCUT2D eigenvalue weighted by Gasteiger charge is -2.05. The number of amides is 1. The molecule has 16 heavy (non-hydrogen) atoms. The number of hydrogen-bond acceptors (Lipinski definition) is 3. The van der Waals surface area contributed by atoms with Crippen LogP contribution in [0.5, 0.6) is 0 Å². The second-order valence-corrected chi connectivity index (χ2v) is 3.18. The number of aliphatic hydroxyl groups excluding tert-OH is 1. The van der Waals surface area contributed by atoms with Gasteiger partial charge in [-0.05, 0) is 12.0 Å². The second kappa shape index (κ2) is 7.84. The predicted molar refractivity (Wildman–Crippen MR) is 60.8 cm³/mol. The van der Waals surface area contributed by atoms with E-state index in [2.05, 4.69) is 5.32 Å². The van der Waals surface area contributed by atoms with E-state index < -0.39 is 12.4 Å². The minimum Gasteiger partial charge on any atom is -0.396 e. The monoisotopic (exact) mass is 225 g/mol. The zero-order chi connectivity index (χ0) is 13.4. The number of rotatable bonds is 7. The number of aliphatic hydroxyl groups is 1. The van der Waals surface area contributed by atoms with Crippen LogP contribution >= 0.6 is 0 Å². The van der Waals surface area contributed by atoms with Crippen LogP contribution in [0.1, 0.15) is 14.7 Å². The van der Waals surface area contributed by atoms with E-state index in [1.165, 1.54) is 0 Å². The van der Waals surface area contributed by atoms with Gasteiger partial charge in [0.2, 0.25) is 5.91 Å². The molecule has 4 nitrogen and oxygen atoms in total. The summed E-state index contributed by atoms with van der Waals surface area (Å²) in [5.41, 5.74) is 0.948. The molecule has 0 aliphatic rings. The van der Waals surface area contributed by atoms with Crippen molar-refractivity contribution in [3.05, 3.63) is 35.9 Å². The molecule has 1 aromatic rings. The number of ether oxygens (including phenoxy) is 1. The summed E-state index contributed by atoms with van der Waals surface area (Å²) in [5.74, 6) is -0.538. The molecule has 0 aliphatic heterocycles. The minimum absolute atomic E-state index is 0.141. The minimum atomic E-state index is -1.90. The van der Waals surface area contributed by atoms with Gasteiger partial charge in [0.1, 0.15) is 6.61 Å². The van der Waals surface area contributed by atoms with Crippen molar-refractivity contribution in [2.24, 2.45) is 0 Å². The molecule has 0 heterocycles. The Balaban J connectivity index is 2.25. The average molecular weight is 225 g/mol. The van der Waals surface area contributed by atoms with Gasteiger partial charge in [-0.3, -0.25) is 4.79 Å². The molecule has 0 fully saturated rings. The van der Waals surface area contributed by atoms with Crippen LogP contribution in [0.4, 0.5) is 0 Å². The third kappa shape index (κ3) is 5.48. The number of hydrogen-bond donors (Lipinski definition) is 2. The smallest absolute Gasteiger partial charge is 0.246 e. The van der Waals surface area contributed by atoms with Crippen LogP contribution < -0.4 is 5.32 Å². The quantitative estimate of drug-likeness (QED) is 0.718. The highest BCUT2D eigenvalue weighted by molar-refractivity contribution is 5.77. The standard InChI is InChI=1S/C12H17NO3/c14-8-4-7-13-12(15)10-16-9-11-5-2-1-3-6-11/h1-3,5-6,14H,4,7-10H2,(H,13,15)/i7D2. The predicted octanol–water partition coefficient (Wildman–Crippen LogP) is 0.702. The molecule has 2 N–H and O–H groups in total. The highest BCUT2D eigenvalue weighted by Gasteiger charge is 2.00. The Kier molecular flexibility index (Phi) is 4.81. The summed E-state index contributed by atoms with van der Waals surface area (Å²) < 4.78 is 19.9. The maximum Gasteiger partial charge on any atom is 0.246 e. The molecule has 0 aromatic heterocycles. The third-order valence-corrected chi connectivity index (χ3v) is 1.81. The molecule has 0 atom stereocenters. The zero-order valence-electron chi connectivity index (χ0n) is 11.0. The molecule has 88 valence electrons. The van der Waals surface area contributed by atoms with Crippen LogP contribution in [-0.2, 0) is 16.1 Å². The topological polar surface area (TPSA) is 58.6 Å². The highest BCUT2D eigenvalue weighted by atomic mass is 16.5. The Hall–Kier alpha value is -1.39. The van der Waals surface area contributed by atoms with E-state index in [0.717, 1.165) is 5.56 Å². The van der Waals surface area contributed by atoms with E-state index in [1.807, 2.05) is 30.3 Å². The Bertz CT molecular complexity index is 371. The Morgan fingerprint density at radius 3 is 2.88 bits per heavy atom. The molecule has 0 saturated carbocycles. The Morgan fingerprint density at radius 1 is 1.44 bits per heavy atom. The zero-order valence-corrected chi connectivity index (χ0v) is 8.98. The first-order chi connectivity index (χ1) is 8.53. The van der Waals surface area contributed by atoms with Crippen molar-refractivity contribution in [2.75, 3.05) is 19.7 Å². The first-order valence-corrected chi connectivity index (χ1v) is 5.07. The van der Waals surface area contributed by atoms with Crippen LogP contribution in [0.3, 0.4) is 0 Å². The largest absolute Gasteiger partial charge is 0.396 e. The van der Waals surface area contributed by atoms with Gasteiger partial charge in [0.15, 0.2) is 0 Å². The molecule has 0 aliphatic carbocycles. The van der Waals surface area contributed by atoms with Crippen molar-refractivity contribution < 1.29 is 17.4 Å². The van der Waals surface area contributed by atoms with Crippen LogP contribution in [0, 0.1) is 0 Å². The van der Waals surface area contributed by atoms with Gasteiger partial charge in [-0.2, -0.15) is 0 Å². The van der Waals surface area contributed by atoms with E-state index >= 15 is 0 Å². The third-order valence-electron chi connectivity index (χ3n) is 1.81. The molecule has 4 heteroatoms. The highest BCUT2D eigenvalue weighted by Crippen LogP contribution is 1.99. The van der Waals surface area contributed by atoms with Crippen LogP contribution in [0.15, 0.2) is 30.3 Å². The summed E-state index contributed by atoms with van der Waals surface area (Å²) in [4.78, 5) is 11.4. The first-order valence-electron chi connectivity index (χ1n) is 6.07. The molecular formula is C12H17NO3. The van der Waals surface area contributed by atoms with Crippen molar-refractivity contribution in [2.45, 2.75) is 13.0 Å². The van der Waals surface area contributed by atoms with Gasteiger partial charge < -0.3 is 15.2 Å². The maximum absolute atomic E-state index is 11.4. The van der Waals surface area contributed by atoms with Gasteiger partial charge in [0, 0.05) is 15.8 Å². The van der Waals surface area contributed by atoms with Crippen molar-refractivity contribution >= 4 is 5.91 Å². The molecule has 0 spiro atoms.